The first kappa shape index (κ1) is 16.4. The van der Waals surface area contributed by atoms with Crippen molar-refractivity contribution in [1.82, 2.24) is 9.62 Å². The molecule has 118 valence electrons. The molecule has 1 aliphatic rings. The summed E-state index contributed by atoms with van der Waals surface area (Å²) >= 11 is 0. The lowest BCUT2D eigenvalue weighted by atomic mass is 10.2. The SMILES string of the molecule is COC(=O)[C@@H]1C[C@H](NS(=O)(=O)c2cccc(C#N)c2)CN1C. The zero-order valence-corrected chi connectivity index (χ0v) is 13.1. The van der Waals surface area contributed by atoms with Gasteiger partial charge in [-0.05, 0) is 31.7 Å². The van der Waals surface area contributed by atoms with Crippen LogP contribution in [-0.2, 0) is 19.6 Å². The third kappa shape index (κ3) is 3.44. The third-order valence-corrected chi connectivity index (χ3v) is 5.13. The highest BCUT2D eigenvalue weighted by atomic mass is 32.2. The monoisotopic (exact) mass is 323 g/mol. The van der Waals surface area contributed by atoms with Crippen LogP contribution in [0.25, 0.3) is 0 Å². The molecule has 0 spiro atoms. The molecule has 1 aromatic rings. The van der Waals surface area contributed by atoms with Crippen LogP contribution in [0.2, 0.25) is 0 Å². The molecule has 0 bridgehead atoms. The van der Waals surface area contributed by atoms with Crippen molar-refractivity contribution in [1.29, 1.82) is 5.26 Å². The molecule has 8 heteroatoms. The summed E-state index contributed by atoms with van der Waals surface area (Å²) in [5, 5.41) is 8.85. The van der Waals surface area contributed by atoms with Crippen LogP contribution in [0, 0.1) is 11.3 Å². The summed E-state index contributed by atoms with van der Waals surface area (Å²) in [6.07, 6.45) is 0.348. The molecule has 0 saturated carbocycles. The maximum Gasteiger partial charge on any atom is 0.323 e. The van der Waals surface area contributed by atoms with Crippen molar-refractivity contribution in [2.45, 2.75) is 23.4 Å². The van der Waals surface area contributed by atoms with Gasteiger partial charge >= 0.3 is 5.97 Å². The van der Waals surface area contributed by atoms with Crippen LogP contribution in [-0.4, -0.2) is 52.1 Å². The summed E-state index contributed by atoms with van der Waals surface area (Å²) in [7, 11) is -0.687. The van der Waals surface area contributed by atoms with E-state index in [0.717, 1.165) is 0 Å². The molecule has 1 aromatic carbocycles. The van der Waals surface area contributed by atoms with E-state index >= 15 is 0 Å². The second-order valence-corrected chi connectivity index (χ2v) is 6.89. The predicted octanol–water partition coefficient (Wildman–Crippen LogP) is 0.0823. The van der Waals surface area contributed by atoms with Gasteiger partial charge in [-0.25, -0.2) is 13.1 Å². The maximum atomic E-state index is 12.4. The molecule has 1 heterocycles. The molecule has 0 aromatic heterocycles. The molecule has 2 atom stereocenters. The molecule has 0 unspecified atom stereocenters. The quantitative estimate of drug-likeness (QED) is 0.788. The normalized spacial score (nSPS) is 22.2. The molecule has 0 amide bonds. The Morgan fingerprint density at radius 2 is 2.23 bits per heavy atom. The molecule has 0 aliphatic carbocycles. The highest BCUT2D eigenvalue weighted by Gasteiger charge is 2.37. The van der Waals surface area contributed by atoms with Crippen LogP contribution in [0.5, 0.6) is 0 Å². The summed E-state index contributed by atoms with van der Waals surface area (Å²) in [6, 6.07) is 6.87. The topological polar surface area (TPSA) is 99.5 Å². The van der Waals surface area contributed by atoms with E-state index in [2.05, 4.69) is 4.72 Å². The van der Waals surface area contributed by atoms with Crippen LogP contribution in [0.15, 0.2) is 29.2 Å². The van der Waals surface area contributed by atoms with Gasteiger partial charge < -0.3 is 4.74 Å². The van der Waals surface area contributed by atoms with Crippen molar-refractivity contribution >= 4 is 16.0 Å². The Bertz CT molecular complexity index is 711. The fourth-order valence-corrected chi connectivity index (χ4v) is 3.80. The van der Waals surface area contributed by atoms with E-state index in [1.54, 1.807) is 11.9 Å². The van der Waals surface area contributed by atoms with E-state index in [0.29, 0.717) is 13.0 Å². The Morgan fingerprint density at radius 1 is 1.50 bits per heavy atom. The van der Waals surface area contributed by atoms with E-state index in [1.165, 1.54) is 31.4 Å². The highest BCUT2D eigenvalue weighted by molar-refractivity contribution is 7.89. The molecular formula is C14H17N3O4S. The Kier molecular flexibility index (Phi) is 4.81. The van der Waals surface area contributed by atoms with Crippen LogP contribution < -0.4 is 4.72 Å². The van der Waals surface area contributed by atoms with Crippen LogP contribution in [0.4, 0.5) is 0 Å². The van der Waals surface area contributed by atoms with Gasteiger partial charge in [0.1, 0.15) is 6.04 Å². The van der Waals surface area contributed by atoms with Crippen LogP contribution in [0.1, 0.15) is 12.0 Å². The number of carbonyl (C=O) groups excluding carboxylic acids is 1. The first-order valence-electron chi connectivity index (χ1n) is 6.68. The highest BCUT2D eigenvalue weighted by Crippen LogP contribution is 2.19. The van der Waals surface area contributed by atoms with Crippen molar-refractivity contribution in [2.75, 3.05) is 20.7 Å². The molecule has 7 nitrogen and oxygen atoms in total. The Labute approximate surface area is 129 Å². The zero-order valence-electron chi connectivity index (χ0n) is 12.3. The largest absolute Gasteiger partial charge is 0.468 e. The fourth-order valence-electron chi connectivity index (χ4n) is 2.52. The Hall–Kier alpha value is -1.95. The Balaban J connectivity index is 2.13. The maximum absolute atomic E-state index is 12.4. The summed E-state index contributed by atoms with van der Waals surface area (Å²) < 4.78 is 32.0. The molecule has 2 rings (SSSR count). The second kappa shape index (κ2) is 6.44. The molecule has 1 aliphatic heterocycles. The average Bonchev–Trinajstić information content (AvgIpc) is 2.86. The zero-order chi connectivity index (χ0) is 16.3. The van der Waals surface area contributed by atoms with Gasteiger partial charge in [0.05, 0.1) is 23.6 Å². The van der Waals surface area contributed by atoms with Gasteiger partial charge in [-0.2, -0.15) is 5.26 Å². The number of sulfonamides is 1. The summed E-state index contributed by atoms with van der Waals surface area (Å²) in [5.41, 5.74) is 0.277. The minimum atomic E-state index is -3.74. The predicted molar refractivity (Wildman–Crippen MR) is 78.3 cm³/mol. The van der Waals surface area contributed by atoms with E-state index in [4.69, 9.17) is 10.00 Å². The van der Waals surface area contributed by atoms with Gasteiger partial charge in [0.2, 0.25) is 10.0 Å². The minimum Gasteiger partial charge on any atom is -0.468 e. The van der Waals surface area contributed by atoms with Crippen molar-refractivity contribution < 1.29 is 17.9 Å². The fraction of sp³-hybridized carbons (Fsp3) is 0.429. The standard InChI is InChI=1S/C14H17N3O4S/c1-17-9-11(7-13(17)14(18)21-2)16-22(19,20)12-5-3-4-10(6-12)8-15/h3-6,11,13,16H,7,9H2,1-2H3/t11-,13-/m0/s1. The summed E-state index contributed by atoms with van der Waals surface area (Å²) in [4.78, 5) is 13.4. The summed E-state index contributed by atoms with van der Waals surface area (Å²) in [5.74, 6) is -0.379. The van der Waals surface area contributed by atoms with E-state index in [9.17, 15) is 13.2 Å². The number of esters is 1. The number of nitriles is 1. The van der Waals surface area contributed by atoms with E-state index in [1.807, 2.05) is 6.07 Å². The van der Waals surface area contributed by atoms with Crippen molar-refractivity contribution in [2.24, 2.45) is 0 Å². The smallest absolute Gasteiger partial charge is 0.323 e. The van der Waals surface area contributed by atoms with Gasteiger partial charge in [-0.1, -0.05) is 6.07 Å². The second-order valence-electron chi connectivity index (χ2n) is 5.17. The molecule has 1 saturated heterocycles. The molecule has 0 radical (unpaired) electrons. The number of carbonyl (C=O) groups is 1. The Morgan fingerprint density at radius 3 is 2.86 bits per heavy atom. The summed E-state index contributed by atoms with van der Waals surface area (Å²) in [6.45, 7) is 0.414. The van der Waals surface area contributed by atoms with Crippen LogP contribution >= 0.6 is 0 Å². The number of hydrogen-bond donors (Lipinski definition) is 1. The number of methoxy groups -OCH3 is 1. The van der Waals surface area contributed by atoms with Crippen molar-refractivity contribution in [3.8, 4) is 6.07 Å². The number of nitrogens with one attached hydrogen (secondary N) is 1. The third-order valence-electron chi connectivity index (χ3n) is 3.62. The van der Waals surface area contributed by atoms with Gasteiger partial charge in [-0.3, -0.25) is 9.69 Å². The minimum absolute atomic E-state index is 0.0377. The van der Waals surface area contributed by atoms with Crippen molar-refractivity contribution in [3.63, 3.8) is 0 Å². The van der Waals surface area contributed by atoms with Gasteiger partial charge in [0.25, 0.3) is 0 Å². The lowest BCUT2D eigenvalue weighted by Gasteiger charge is -2.15. The first-order valence-corrected chi connectivity index (χ1v) is 8.16. The molecule has 22 heavy (non-hydrogen) atoms. The number of hydrogen-bond acceptors (Lipinski definition) is 6. The number of ether oxygens (including phenoxy) is 1. The van der Waals surface area contributed by atoms with Gasteiger partial charge in [0.15, 0.2) is 0 Å². The van der Waals surface area contributed by atoms with Crippen LogP contribution in [0.3, 0.4) is 0 Å². The van der Waals surface area contributed by atoms with E-state index < -0.39 is 16.1 Å². The lowest BCUT2D eigenvalue weighted by Crippen LogP contribution is -2.36. The number of nitrogens with zero attached hydrogens (tertiary/aromatic N) is 2. The number of likely N-dealkylation sites (tertiary alicyclic amines) is 1. The van der Waals surface area contributed by atoms with Crippen molar-refractivity contribution in [3.05, 3.63) is 29.8 Å². The number of rotatable bonds is 4. The van der Waals surface area contributed by atoms with Gasteiger partial charge in [-0.15, -0.1) is 0 Å². The molecule has 1 N–H and O–H groups in total. The molecule has 1 fully saturated rings. The first-order chi connectivity index (χ1) is 10.4. The average molecular weight is 323 g/mol. The number of likely N-dealkylation sites (N-methyl/N-ethyl adjacent to an activating group) is 1. The van der Waals surface area contributed by atoms with E-state index in [-0.39, 0.29) is 22.5 Å². The lowest BCUT2D eigenvalue weighted by molar-refractivity contribution is -0.145. The van der Waals surface area contributed by atoms with Gasteiger partial charge in [0, 0.05) is 12.6 Å². The number of benzene rings is 1. The molecular weight excluding hydrogens is 306 g/mol.